The molecular weight excluding hydrogens is 488 g/mol. The molecule has 3 heterocycles. The van der Waals surface area contributed by atoms with Gasteiger partial charge in [-0.15, -0.1) is 0 Å². The molecule has 0 atom stereocenters. The van der Waals surface area contributed by atoms with Crippen molar-refractivity contribution >= 4 is 43.9 Å². The number of halogens is 1. The summed E-state index contributed by atoms with van der Waals surface area (Å²) in [5.74, 6) is 0.899. The maximum atomic E-state index is 12.9. The van der Waals surface area contributed by atoms with Gasteiger partial charge >= 0.3 is 0 Å². The number of Topliss-reactive ketones (excluding diaryl/α,β-unsaturated/α-hetero) is 1. The molecule has 0 bridgehead atoms. The van der Waals surface area contributed by atoms with Crippen LogP contribution in [0.1, 0.15) is 34.1 Å². The van der Waals surface area contributed by atoms with E-state index in [2.05, 4.69) is 20.4 Å². The van der Waals surface area contributed by atoms with E-state index in [0.29, 0.717) is 28.7 Å². The number of aryl methyl sites for hydroxylation is 2. The number of fused-ring (bicyclic) bond motifs is 1. The van der Waals surface area contributed by atoms with Crippen LogP contribution < -0.4 is 5.32 Å². The van der Waals surface area contributed by atoms with Crippen LogP contribution in [0.15, 0.2) is 47.0 Å². The van der Waals surface area contributed by atoms with Crippen molar-refractivity contribution in [3.05, 3.63) is 70.3 Å². The molecule has 0 saturated carbocycles. The molecule has 5 rings (SSSR count). The van der Waals surface area contributed by atoms with Gasteiger partial charge in [0.05, 0.1) is 22.7 Å². The number of rotatable bonds is 7. The Hall–Kier alpha value is -3.30. The van der Waals surface area contributed by atoms with Crippen LogP contribution in [0.3, 0.4) is 0 Å². The van der Waals surface area contributed by atoms with Crippen molar-refractivity contribution in [2.45, 2.75) is 26.8 Å². The lowest BCUT2D eigenvalue weighted by molar-refractivity contribution is 0.0957. The average Bonchev–Trinajstić information content (AvgIpc) is 3.13. The minimum absolute atomic E-state index is 0.0347. The highest BCUT2D eigenvalue weighted by molar-refractivity contribution is 7.92. The molecule has 2 aromatic heterocycles. The van der Waals surface area contributed by atoms with Gasteiger partial charge in [0.2, 0.25) is 0 Å². The molecule has 1 aliphatic heterocycles. The third kappa shape index (κ3) is 4.92. The highest BCUT2D eigenvalue weighted by Gasteiger charge is 2.35. The zero-order valence-electron chi connectivity index (χ0n) is 19.2. The van der Waals surface area contributed by atoms with Crippen LogP contribution in [0, 0.1) is 19.8 Å². The SMILES string of the molecule is Cc1noc(C)c1-c1ccc2nc(C(=O)CC3CS(=O)(=O)C3)nc(NCc3cccc(Cl)c3)c2c1. The van der Waals surface area contributed by atoms with Gasteiger partial charge in [-0.1, -0.05) is 35.0 Å². The molecule has 0 radical (unpaired) electrons. The monoisotopic (exact) mass is 510 g/mol. The van der Waals surface area contributed by atoms with Crippen molar-refractivity contribution in [2.75, 3.05) is 16.8 Å². The summed E-state index contributed by atoms with van der Waals surface area (Å²) < 4.78 is 28.3. The van der Waals surface area contributed by atoms with E-state index in [9.17, 15) is 13.2 Å². The van der Waals surface area contributed by atoms with Crippen molar-refractivity contribution in [3.63, 3.8) is 0 Å². The molecule has 10 heteroatoms. The van der Waals surface area contributed by atoms with E-state index in [1.807, 2.05) is 50.2 Å². The Morgan fingerprint density at radius 1 is 1.14 bits per heavy atom. The number of carbonyl (C=O) groups excluding carboxylic acids is 1. The molecule has 0 spiro atoms. The molecule has 4 aromatic rings. The first-order valence-electron chi connectivity index (χ1n) is 11.2. The molecule has 0 aliphatic carbocycles. The summed E-state index contributed by atoms with van der Waals surface area (Å²) in [5, 5.41) is 8.74. The molecule has 35 heavy (non-hydrogen) atoms. The second kappa shape index (κ2) is 9.05. The van der Waals surface area contributed by atoms with Gasteiger partial charge < -0.3 is 9.84 Å². The van der Waals surface area contributed by atoms with E-state index in [0.717, 1.165) is 27.8 Å². The fraction of sp³-hybridized carbons (Fsp3) is 0.280. The fourth-order valence-corrected chi connectivity index (χ4v) is 6.20. The molecule has 1 aliphatic rings. The highest BCUT2D eigenvalue weighted by atomic mass is 35.5. The standard InChI is InChI=1S/C25H23ClN4O4S/c1-14-23(15(2)34-30-14)18-6-7-21-20(10-18)24(27-11-16-4-3-5-19(26)8-16)29-25(28-21)22(31)9-17-12-35(32,33)13-17/h3-8,10,17H,9,11-13H2,1-2H3,(H,27,28,29). The van der Waals surface area contributed by atoms with E-state index < -0.39 is 9.84 Å². The maximum absolute atomic E-state index is 12.9. The fourth-order valence-electron chi connectivity index (χ4n) is 4.41. The highest BCUT2D eigenvalue weighted by Crippen LogP contribution is 2.32. The number of benzene rings is 2. The summed E-state index contributed by atoms with van der Waals surface area (Å²) in [6.45, 7) is 4.18. The molecule has 1 fully saturated rings. The van der Waals surface area contributed by atoms with Crippen LogP contribution >= 0.6 is 11.6 Å². The van der Waals surface area contributed by atoms with E-state index in [-0.39, 0.29) is 35.5 Å². The molecular formula is C25H23ClN4O4S. The first kappa shape index (κ1) is 23.4. The zero-order chi connectivity index (χ0) is 24.7. The average molecular weight is 511 g/mol. The molecule has 1 N–H and O–H groups in total. The van der Waals surface area contributed by atoms with Gasteiger partial charge in [0.25, 0.3) is 0 Å². The molecule has 1 saturated heterocycles. The minimum Gasteiger partial charge on any atom is -0.365 e. The lowest BCUT2D eigenvalue weighted by Gasteiger charge is -2.24. The van der Waals surface area contributed by atoms with Crippen LogP contribution in [-0.2, 0) is 16.4 Å². The number of hydrogen-bond acceptors (Lipinski definition) is 8. The first-order chi connectivity index (χ1) is 16.7. The summed E-state index contributed by atoms with van der Waals surface area (Å²) in [5.41, 5.74) is 4.15. The van der Waals surface area contributed by atoms with Gasteiger partial charge in [-0.25, -0.2) is 18.4 Å². The Kier molecular flexibility index (Phi) is 6.06. The smallest absolute Gasteiger partial charge is 0.200 e. The van der Waals surface area contributed by atoms with Gasteiger partial charge in [0.1, 0.15) is 11.6 Å². The van der Waals surface area contributed by atoms with Crippen molar-refractivity contribution in [2.24, 2.45) is 5.92 Å². The lowest BCUT2D eigenvalue weighted by atomic mass is 10.0. The van der Waals surface area contributed by atoms with Crippen molar-refractivity contribution in [1.29, 1.82) is 0 Å². The predicted molar refractivity (Wildman–Crippen MR) is 134 cm³/mol. The van der Waals surface area contributed by atoms with E-state index >= 15 is 0 Å². The Morgan fingerprint density at radius 2 is 1.94 bits per heavy atom. The molecule has 0 amide bonds. The summed E-state index contributed by atoms with van der Waals surface area (Å²) in [6, 6.07) is 13.2. The minimum atomic E-state index is -3.01. The van der Waals surface area contributed by atoms with Crippen molar-refractivity contribution in [1.82, 2.24) is 15.1 Å². The Balaban J connectivity index is 1.53. The summed E-state index contributed by atoms with van der Waals surface area (Å²) >= 11 is 6.13. The van der Waals surface area contributed by atoms with Crippen LogP contribution in [0.5, 0.6) is 0 Å². The number of nitrogens with zero attached hydrogens (tertiary/aromatic N) is 3. The van der Waals surface area contributed by atoms with Gasteiger partial charge in [-0.3, -0.25) is 4.79 Å². The Bertz CT molecular complexity index is 1530. The molecule has 0 unspecified atom stereocenters. The molecule has 8 nitrogen and oxygen atoms in total. The van der Waals surface area contributed by atoms with Crippen LogP contribution in [0.4, 0.5) is 5.82 Å². The second-order valence-corrected chi connectivity index (χ2v) is 11.5. The third-order valence-electron chi connectivity index (χ3n) is 6.07. The van der Waals surface area contributed by atoms with Crippen LogP contribution in [0.2, 0.25) is 5.02 Å². The van der Waals surface area contributed by atoms with Crippen molar-refractivity contribution in [3.8, 4) is 11.1 Å². The zero-order valence-corrected chi connectivity index (χ0v) is 20.8. The lowest BCUT2D eigenvalue weighted by Crippen LogP contribution is -2.37. The maximum Gasteiger partial charge on any atom is 0.200 e. The van der Waals surface area contributed by atoms with E-state index in [4.69, 9.17) is 16.1 Å². The topological polar surface area (TPSA) is 115 Å². The van der Waals surface area contributed by atoms with Gasteiger partial charge in [0.15, 0.2) is 21.4 Å². The summed E-state index contributed by atoms with van der Waals surface area (Å²) in [4.78, 5) is 22.0. The number of ketones is 1. The Labute approximate surface area is 207 Å². The van der Waals surface area contributed by atoms with Gasteiger partial charge in [-0.2, -0.15) is 0 Å². The van der Waals surface area contributed by atoms with Crippen LogP contribution in [-0.4, -0.2) is 40.8 Å². The number of sulfone groups is 1. The Morgan fingerprint density at radius 3 is 2.63 bits per heavy atom. The number of hydrogen-bond donors (Lipinski definition) is 1. The number of anilines is 1. The number of nitrogens with one attached hydrogen (secondary N) is 1. The summed E-state index contributed by atoms with van der Waals surface area (Å²) in [7, 11) is -3.01. The second-order valence-electron chi connectivity index (χ2n) is 8.88. The quantitative estimate of drug-likeness (QED) is 0.353. The van der Waals surface area contributed by atoms with E-state index in [1.165, 1.54) is 0 Å². The number of aromatic nitrogens is 3. The summed E-state index contributed by atoms with van der Waals surface area (Å²) in [6.07, 6.45) is 0.107. The van der Waals surface area contributed by atoms with Crippen LogP contribution in [0.25, 0.3) is 22.0 Å². The normalized spacial score (nSPS) is 15.2. The predicted octanol–water partition coefficient (Wildman–Crippen LogP) is 4.78. The van der Waals surface area contributed by atoms with Gasteiger partial charge in [-0.05, 0) is 55.2 Å². The first-order valence-corrected chi connectivity index (χ1v) is 13.4. The molecule has 2 aromatic carbocycles. The third-order valence-corrected chi connectivity index (χ3v) is 8.26. The van der Waals surface area contributed by atoms with Gasteiger partial charge in [0, 0.05) is 28.9 Å². The largest absolute Gasteiger partial charge is 0.365 e. The number of carbonyl (C=O) groups is 1. The van der Waals surface area contributed by atoms with E-state index in [1.54, 1.807) is 6.07 Å². The molecule has 180 valence electrons. The van der Waals surface area contributed by atoms with Crippen molar-refractivity contribution < 1.29 is 17.7 Å².